The molecule has 0 bridgehead atoms. The summed E-state index contributed by atoms with van der Waals surface area (Å²) in [5.74, 6) is -0.0740. The van der Waals surface area contributed by atoms with Gasteiger partial charge in [0.25, 0.3) is 0 Å². The first kappa shape index (κ1) is 38.3. The van der Waals surface area contributed by atoms with Gasteiger partial charge in [0.1, 0.15) is 11.6 Å². The highest BCUT2D eigenvalue weighted by Crippen LogP contribution is 2.43. The number of rotatable bonds is 7. The number of aromatic nitrogens is 3. The topological polar surface area (TPSA) is 50.9 Å². The van der Waals surface area contributed by atoms with E-state index in [1.807, 2.05) is 45.2 Å². The van der Waals surface area contributed by atoms with Crippen molar-refractivity contribution in [3.63, 3.8) is 0 Å². The monoisotopic (exact) mass is 774 g/mol. The third kappa shape index (κ3) is 7.60. The molecule has 0 fully saturated rings. The number of nitrogens with zero attached hydrogens (tertiary/aromatic N) is 3. The third-order valence-electron chi connectivity index (χ3n) is 11.5. The van der Waals surface area contributed by atoms with E-state index in [9.17, 15) is 6.48 Å². The molecule has 0 atom stereocenters. The Labute approximate surface area is 351 Å². The van der Waals surface area contributed by atoms with Crippen LogP contribution in [0.4, 0.5) is 0 Å². The van der Waals surface area contributed by atoms with Gasteiger partial charge in [0.05, 0.1) is 22.3 Å². The maximum atomic E-state index is 11.7. The first-order valence-electron chi connectivity index (χ1n) is 21.1. The lowest BCUT2D eigenvalue weighted by Gasteiger charge is -2.25. The molecule has 4 heteroatoms. The maximum Gasteiger partial charge on any atom is 0.149 e. The van der Waals surface area contributed by atoms with Crippen molar-refractivity contribution in [1.82, 2.24) is 14.5 Å². The summed E-state index contributed by atoms with van der Waals surface area (Å²) in [4.78, 5) is 10.4. The van der Waals surface area contributed by atoms with Gasteiger partial charge in [0.15, 0.2) is 0 Å². The Kier molecular flexibility index (Phi) is 9.83. The van der Waals surface area contributed by atoms with E-state index >= 15 is 0 Å². The highest BCUT2D eigenvalue weighted by Gasteiger charge is 2.25. The van der Waals surface area contributed by atoms with Gasteiger partial charge in [-0.2, -0.15) is 0 Å². The van der Waals surface area contributed by atoms with Crippen molar-refractivity contribution in [2.24, 2.45) is 0 Å². The minimum absolute atomic E-state index is 0.0890. The molecule has 6 aromatic carbocycles. The van der Waals surface area contributed by atoms with Gasteiger partial charge in [-0.15, -0.1) is 0 Å². The Bertz CT molecular complexity index is 2900. The van der Waals surface area contributed by atoms with Gasteiger partial charge in [-0.1, -0.05) is 140 Å². The summed E-state index contributed by atoms with van der Waals surface area (Å²) >= 11 is 0. The van der Waals surface area contributed by atoms with Gasteiger partial charge in [0, 0.05) is 24.4 Å². The van der Waals surface area contributed by atoms with Gasteiger partial charge in [-0.05, 0) is 135 Å². The molecule has 0 aliphatic heterocycles. The number of phenols is 1. The van der Waals surface area contributed by atoms with Crippen molar-refractivity contribution >= 4 is 11.0 Å². The van der Waals surface area contributed by atoms with Gasteiger partial charge in [0.2, 0.25) is 0 Å². The van der Waals surface area contributed by atoms with Crippen LogP contribution in [0.5, 0.6) is 5.75 Å². The number of pyridine rings is 1. The quantitative estimate of drug-likeness (QED) is 0.175. The molecule has 0 saturated carbocycles. The Morgan fingerprint density at radius 3 is 2.05 bits per heavy atom. The van der Waals surface area contributed by atoms with Crippen LogP contribution in [0.15, 0.2) is 140 Å². The van der Waals surface area contributed by atoms with Gasteiger partial charge in [-0.25, -0.2) is 4.98 Å². The van der Waals surface area contributed by atoms with Crippen LogP contribution in [0, 0.1) is 13.8 Å². The molecule has 4 nitrogen and oxygen atoms in total. The smallest absolute Gasteiger partial charge is 0.149 e. The molecule has 0 aliphatic carbocycles. The molecular weight excluding hydrogens is 719 g/mol. The number of aromatic hydroxyl groups is 1. The second-order valence-electron chi connectivity index (χ2n) is 18.3. The summed E-state index contributed by atoms with van der Waals surface area (Å²) in [6.07, 6.45) is 1.89. The molecule has 8 aromatic rings. The zero-order valence-corrected chi connectivity index (χ0v) is 36.1. The number of fused-ring (bicyclic) bond motifs is 1. The molecule has 2 aromatic heterocycles. The predicted molar refractivity (Wildman–Crippen MR) is 249 cm³/mol. The molecular formula is C55H55N3O. The van der Waals surface area contributed by atoms with E-state index in [4.69, 9.17) is 9.97 Å². The fraction of sp³-hybridized carbons (Fsp3) is 0.236. The van der Waals surface area contributed by atoms with Crippen molar-refractivity contribution in [3.05, 3.63) is 167 Å². The summed E-state index contributed by atoms with van der Waals surface area (Å²) in [5, 5.41) is 11.7. The first-order chi connectivity index (χ1) is 28.4. The lowest BCUT2D eigenvalue weighted by atomic mass is 9.80. The molecule has 0 saturated heterocycles. The maximum absolute atomic E-state index is 11.7. The number of aryl methyl sites for hydroxylation is 2. The van der Waals surface area contributed by atoms with E-state index in [-0.39, 0.29) is 16.6 Å². The molecule has 296 valence electrons. The van der Waals surface area contributed by atoms with E-state index < -0.39 is 5.89 Å². The van der Waals surface area contributed by atoms with Crippen LogP contribution in [0.1, 0.15) is 90.5 Å². The van der Waals surface area contributed by atoms with Crippen LogP contribution in [0.2, 0.25) is 0 Å². The molecule has 0 unspecified atom stereocenters. The van der Waals surface area contributed by atoms with E-state index in [0.717, 1.165) is 78.0 Å². The highest BCUT2D eigenvalue weighted by atomic mass is 16.3. The average molecular weight is 775 g/mol. The summed E-state index contributed by atoms with van der Waals surface area (Å²) in [6.45, 7) is 21.4. The number of benzene rings is 6. The number of hydrogen-bond acceptors (Lipinski definition) is 3. The minimum atomic E-state index is -0.921. The largest absolute Gasteiger partial charge is 0.507 e. The van der Waals surface area contributed by atoms with Crippen LogP contribution < -0.4 is 0 Å². The van der Waals surface area contributed by atoms with Gasteiger partial charge >= 0.3 is 0 Å². The summed E-state index contributed by atoms with van der Waals surface area (Å²) < 4.78 is 11.7. The van der Waals surface area contributed by atoms with Crippen molar-refractivity contribution in [1.29, 1.82) is 0 Å². The highest BCUT2D eigenvalue weighted by molar-refractivity contribution is 5.97. The number of hydrogen-bond donors (Lipinski definition) is 1. The molecule has 0 aliphatic rings. The average Bonchev–Trinajstić information content (AvgIpc) is 3.61. The molecule has 0 radical (unpaired) electrons. The van der Waals surface area contributed by atoms with Crippen LogP contribution in [0.25, 0.3) is 72.7 Å². The van der Waals surface area contributed by atoms with E-state index in [2.05, 4.69) is 168 Å². The molecule has 2 heterocycles. The number of imidazole rings is 1. The van der Waals surface area contributed by atoms with Crippen LogP contribution >= 0.6 is 0 Å². The summed E-state index contributed by atoms with van der Waals surface area (Å²) in [6, 6.07) is 46.9. The van der Waals surface area contributed by atoms with Crippen LogP contribution in [0.3, 0.4) is 0 Å². The van der Waals surface area contributed by atoms with E-state index in [0.29, 0.717) is 11.4 Å². The zero-order valence-electron chi connectivity index (χ0n) is 37.1. The predicted octanol–water partition coefficient (Wildman–Crippen LogP) is 14.8. The third-order valence-corrected chi connectivity index (χ3v) is 11.5. The van der Waals surface area contributed by atoms with Crippen LogP contribution in [-0.4, -0.2) is 19.6 Å². The summed E-state index contributed by atoms with van der Waals surface area (Å²) in [7, 11) is 0. The Morgan fingerprint density at radius 1 is 0.610 bits per heavy atom. The van der Waals surface area contributed by atoms with Crippen molar-refractivity contribution in [3.8, 4) is 67.5 Å². The second-order valence-corrected chi connectivity index (χ2v) is 18.3. The molecule has 59 heavy (non-hydrogen) atoms. The van der Waals surface area contributed by atoms with E-state index in [1.54, 1.807) is 0 Å². The summed E-state index contributed by atoms with van der Waals surface area (Å²) in [5.41, 5.74) is 16.6. The Morgan fingerprint density at radius 2 is 1.32 bits per heavy atom. The van der Waals surface area contributed by atoms with Crippen molar-refractivity contribution in [2.75, 3.05) is 0 Å². The van der Waals surface area contributed by atoms with Crippen molar-refractivity contribution in [2.45, 2.75) is 86.0 Å². The standard InChI is InChI=1S/C55H55N3O/c1-34(2)46-33-42(23-24-44(46)45-19-14-15-21-48(45)55(8,9)10)58-50-22-16-20-43(51(50)57-53(58)47-28-35(3)27-36(4)52(47)59)39-29-40(31-41(30-39)54(5,6)7)49-32-38(25-26-56-49)37-17-12-11-13-18-37/h11-34,59H,1-10H3/i34D. The molecule has 8 rings (SSSR count). The molecule has 0 spiro atoms. The SMILES string of the molecule is [2H]C(C)(C)c1cc(-n2c(-c3cc(C)cc(C)c3O)nc3c(-c4cc(-c5cc(-c6ccccc6)ccn5)cc(C(C)(C)C)c4)cccc32)ccc1-c1ccccc1C(C)(C)C. The number of phenolic OH excluding ortho intramolecular Hbond substituents is 1. The van der Waals surface area contributed by atoms with Gasteiger partial charge in [-0.3, -0.25) is 9.55 Å². The van der Waals surface area contributed by atoms with E-state index in [1.165, 1.54) is 11.1 Å². The Balaban J connectivity index is 1.39. The second kappa shape index (κ2) is 15.2. The normalized spacial score (nSPS) is 12.5. The minimum Gasteiger partial charge on any atom is -0.507 e. The van der Waals surface area contributed by atoms with Crippen molar-refractivity contribution < 1.29 is 6.48 Å². The molecule has 1 N–H and O–H groups in total. The number of para-hydroxylation sites is 1. The lowest BCUT2D eigenvalue weighted by molar-refractivity contribution is 0.472. The van der Waals surface area contributed by atoms with Gasteiger partial charge < -0.3 is 5.11 Å². The zero-order chi connectivity index (χ0) is 42.7. The fourth-order valence-corrected chi connectivity index (χ4v) is 8.36. The fourth-order valence-electron chi connectivity index (χ4n) is 8.36. The Hall–Kier alpha value is -6.26. The van der Waals surface area contributed by atoms with Crippen LogP contribution in [-0.2, 0) is 10.8 Å². The molecule has 0 amide bonds. The first-order valence-corrected chi connectivity index (χ1v) is 20.6. The lowest BCUT2D eigenvalue weighted by Crippen LogP contribution is -2.13.